The molecule has 2 rings (SSSR count). The van der Waals surface area contributed by atoms with Crippen LogP contribution in [0.4, 0.5) is 17.3 Å². The van der Waals surface area contributed by atoms with Gasteiger partial charge in [0.15, 0.2) is 11.6 Å². The van der Waals surface area contributed by atoms with Crippen molar-refractivity contribution < 1.29 is 4.74 Å². The second-order valence-corrected chi connectivity index (χ2v) is 3.69. The van der Waals surface area contributed by atoms with Crippen LogP contribution in [0.1, 0.15) is 5.56 Å². The molecule has 6 heteroatoms. The molecule has 0 fully saturated rings. The summed E-state index contributed by atoms with van der Waals surface area (Å²) in [6.07, 6.45) is 3.18. The third kappa shape index (κ3) is 3.16. The Hall–Kier alpha value is -2.18. The Morgan fingerprint density at radius 2 is 2.11 bits per heavy atom. The molecule has 1 aromatic carbocycles. The molecule has 0 aliphatic rings. The highest BCUT2D eigenvalue weighted by Crippen LogP contribution is 2.16. The van der Waals surface area contributed by atoms with Crippen LogP contribution >= 0.6 is 0 Å². The van der Waals surface area contributed by atoms with E-state index in [2.05, 4.69) is 20.7 Å². The van der Waals surface area contributed by atoms with E-state index in [4.69, 9.17) is 10.6 Å². The van der Waals surface area contributed by atoms with Gasteiger partial charge in [-0.2, -0.15) is 0 Å². The van der Waals surface area contributed by atoms with Crippen LogP contribution in [0.15, 0.2) is 36.7 Å². The predicted octanol–water partition coefficient (Wildman–Crippen LogP) is 1.65. The van der Waals surface area contributed by atoms with E-state index in [1.54, 1.807) is 19.5 Å². The zero-order chi connectivity index (χ0) is 12.8. The van der Waals surface area contributed by atoms with Crippen LogP contribution < -0.4 is 16.6 Å². The number of hydrazine groups is 1. The lowest BCUT2D eigenvalue weighted by Crippen LogP contribution is -2.09. The highest BCUT2D eigenvalue weighted by molar-refractivity contribution is 5.57. The van der Waals surface area contributed by atoms with E-state index in [1.807, 2.05) is 24.3 Å². The molecule has 0 bridgehead atoms. The van der Waals surface area contributed by atoms with Crippen LogP contribution in [-0.4, -0.2) is 17.1 Å². The minimum atomic E-state index is 0.507. The molecule has 0 aliphatic heterocycles. The second-order valence-electron chi connectivity index (χ2n) is 3.69. The standard InChI is InChI=1S/C12H15N5O/c1-18-8-9-3-2-4-10(5-9)15-11-6-14-7-12(16-11)17-13/h2-7H,8,13H2,1H3,(H2,15,16,17). The zero-order valence-electron chi connectivity index (χ0n) is 10.1. The van der Waals surface area contributed by atoms with E-state index in [9.17, 15) is 0 Å². The highest BCUT2D eigenvalue weighted by Gasteiger charge is 1.99. The normalized spacial score (nSPS) is 10.1. The Bertz CT molecular complexity index is 517. The molecule has 0 radical (unpaired) electrons. The first-order valence-electron chi connectivity index (χ1n) is 5.45. The fraction of sp³-hybridized carbons (Fsp3) is 0.167. The van der Waals surface area contributed by atoms with Gasteiger partial charge in [0.25, 0.3) is 0 Å². The largest absolute Gasteiger partial charge is 0.380 e. The number of rotatable bonds is 5. The summed E-state index contributed by atoms with van der Waals surface area (Å²) in [4.78, 5) is 8.24. The van der Waals surface area contributed by atoms with E-state index in [1.165, 1.54) is 0 Å². The number of hydrogen-bond donors (Lipinski definition) is 3. The lowest BCUT2D eigenvalue weighted by atomic mass is 10.2. The molecular formula is C12H15N5O. The summed E-state index contributed by atoms with van der Waals surface area (Å²) in [7, 11) is 1.67. The van der Waals surface area contributed by atoms with Crippen LogP contribution in [0.25, 0.3) is 0 Å². The fourth-order valence-electron chi connectivity index (χ4n) is 1.55. The molecule has 0 atom stereocenters. The van der Waals surface area contributed by atoms with E-state index in [0.29, 0.717) is 18.2 Å². The maximum atomic E-state index is 5.28. The van der Waals surface area contributed by atoms with Crippen molar-refractivity contribution in [2.75, 3.05) is 17.9 Å². The number of nitrogens with zero attached hydrogens (tertiary/aromatic N) is 2. The molecule has 0 amide bonds. The molecule has 0 saturated heterocycles. The number of benzene rings is 1. The van der Waals surface area contributed by atoms with Crippen LogP contribution in [0.3, 0.4) is 0 Å². The predicted molar refractivity (Wildman–Crippen MR) is 70.3 cm³/mol. The van der Waals surface area contributed by atoms with E-state index >= 15 is 0 Å². The Kier molecular flexibility index (Phi) is 4.06. The van der Waals surface area contributed by atoms with Gasteiger partial charge in [-0.15, -0.1) is 0 Å². The van der Waals surface area contributed by atoms with Crippen LogP contribution in [-0.2, 0) is 11.3 Å². The Morgan fingerprint density at radius 3 is 2.89 bits per heavy atom. The molecular weight excluding hydrogens is 230 g/mol. The quantitative estimate of drug-likeness (QED) is 0.548. The first kappa shape index (κ1) is 12.3. The lowest BCUT2D eigenvalue weighted by Gasteiger charge is -2.08. The third-order valence-corrected chi connectivity index (χ3v) is 2.29. The molecule has 0 spiro atoms. The Balaban J connectivity index is 2.14. The Labute approximate surface area is 105 Å². The maximum Gasteiger partial charge on any atom is 0.160 e. The first-order valence-corrected chi connectivity index (χ1v) is 5.45. The number of aromatic nitrogens is 2. The fourth-order valence-corrected chi connectivity index (χ4v) is 1.55. The van der Waals surface area contributed by atoms with Crippen molar-refractivity contribution in [3.05, 3.63) is 42.2 Å². The van der Waals surface area contributed by atoms with Gasteiger partial charge in [-0.1, -0.05) is 12.1 Å². The molecule has 4 N–H and O–H groups in total. The van der Waals surface area contributed by atoms with Gasteiger partial charge >= 0.3 is 0 Å². The number of methoxy groups -OCH3 is 1. The van der Waals surface area contributed by atoms with Crippen molar-refractivity contribution in [1.29, 1.82) is 0 Å². The van der Waals surface area contributed by atoms with Gasteiger partial charge in [-0.05, 0) is 17.7 Å². The van der Waals surface area contributed by atoms with Gasteiger partial charge < -0.3 is 15.5 Å². The number of nitrogens with two attached hydrogens (primary N) is 1. The average Bonchev–Trinajstić information content (AvgIpc) is 2.40. The van der Waals surface area contributed by atoms with Crippen molar-refractivity contribution in [2.24, 2.45) is 5.84 Å². The second kappa shape index (κ2) is 5.95. The van der Waals surface area contributed by atoms with Crippen molar-refractivity contribution in [3.8, 4) is 0 Å². The van der Waals surface area contributed by atoms with Crippen molar-refractivity contribution in [3.63, 3.8) is 0 Å². The minimum absolute atomic E-state index is 0.507. The van der Waals surface area contributed by atoms with Crippen LogP contribution in [0.2, 0.25) is 0 Å². The van der Waals surface area contributed by atoms with Gasteiger partial charge in [-0.3, -0.25) is 4.98 Å². The summed E-state index contributed by atoms with van der Waals surface area (Å²) in [5.41, 5.74) is 4.46. The molecule has 1 aromatic heterocycles. The summed E-state index contributed by atoms with van der Waals surface area (Å²) in [5, 5.41) is 3.15. The average molecular weight is 245 g/mol. The SMILES string of the molecule is COCc1cccc(Nc2cncc(NN)n2)c1. The van der Waals surface area contributed by atoms with Gasteiger partial charge in [0, 0.05) is 12.8 Å². The zero-order valence-corrected chi connectivity index (χ0v) is 10.1. The van der Waals surface area contributed by atoms with Gasteiger partial charge in [-0.25, -0.2) is 10.8 Å². The first-order chi connectivity index (χ1) is 8.81. The van der Waals surface area contributed by atoms with Crippen molar-refractivity contribution >= 4 is 17.3 Å². The lowest BCUT2D eigenvalue weighted by molar-refractivity contribution is 0.185. The molecule has 0 saturated carbocycles. The number of hydrogen-bond acceptors (Lipinski definition) is 6. The molecule has 6 nitrogen and oxygen atoms in total. The van der Waals surface area contributed by atoms with Gasteiger partial charge in [0.05, 0.1) is 19.0 Å². The van der Waals surface area contributed by atoms with Crippen LogP contribution in [0, 0.1) is 0 Å². The Morgan fingerprint density at radius 1 is 1.28 bits per heavy atom. The number of ether oxygens (including phenoxy) is 1. The smallest absolute Gasteiger partial charge is 0.160 e. The number of anilines is 3. The summed E-state index contributed by atoms with van der Waals surface area (Å²) >= 11 is 0. The molecule has 1 heterocycles. The summed E-state index contributed by atoms with van der Waals surface area (Å²) < 4.78 is 5.09. The van der Waals surface area contributed by atoms with Gasteiger partial charge in [0.1, 0.15) is 0 Å². The molecule has 0 unspecified atom stereocenters. The maximum absolute atomic E-state index is 5.28. The topological polar surface area (TPSA) is 85.1 Å². The van der Waals surface area contributed by atoms with E-state index in [-0.39, 0.29) is 0 Å². The molecule has 18 heavy (non-hydrogen) atoms. The van der Waals surface area contributed by atoms with E-state index in [0.717, 1.165) is 11.3 Å². The molecule has 0 aliphatic carbocycles. The molecule has 2 aromatic rings. The number of nitrogen functional groups attached to an aromatic ring is 1. The minimum Gasteiger partial charge on any atom is -0.380 e. The highest BCUT2D eigenvalue weighted by atomic mass is 16.5. The summed E-state index contributed by atoms with van der Waals surface area (Å²) in [6, 6.07) is 7.89. The summed E-state index contributed by atoms with van der Waals surface area (Å²) in [5.74, 6) is 6.41. The van der Waals surface area contributed by atoms with Crippen molar-refractivity contribution in [2.45, 2.75) is 6.61 Å². The number of nitrogens with one attached hydrogen (secondary N) is 2. The monoisotopic (exact) mass is 245 g/mol. The van der Waals surface area contributed by atoms with Gasteiger partial charge in [0.2, 0.25) is 0 Å². The third-order valence-electron chi connectivity index (χ3n) is 2.29. The van der Waals surface area contributed by atoms with Crippen molar-refractivity contribution in [1.82, 2.24) is 9.97 Å². The van der Waals surface area contributed by atoms with Crippen LogP contribution in [0.5, 0.6) is 0 Å². The molecule has 94 valence electrons. The van der Waals surface area contributed by atoms with E-state index < -0.39 is 0 Å². The summed E-state index contributed by atoms with van der Waals surface area (Å²) in [6.45, 7) is 0.575.